The van der Waals surface area contributed by atoms with Crippen molar-refractivity contribution in [2.24, 2.45) is 17.6 Å². The van der Waals surface area contributed by atoms with Crippen molar-refractivity contribution in [1.29, 1.82) is 0 Å². The molecule has 0 radical (unpaired) electrons. The molecule has 1 aliphatic heterocycles. The molecule has 1 fully saturated rings. The minimum absolute atomic E-state index is 0.0476. The number of carbonyl (C=O) groups is 3. The molecule has 1 saturated carbocycles. The molecule has 6 N–H and O–H groups in total. The molecule has 1 unspecified atom stereocenters. The number of benzene rings is 1. The number of Topliss-reactive ketones (excluding diaryl/α,β-unsaturated/α-hetero) is 2. The van der Waals surface area contributed by atoms with Crippen LogP contribution in [0.3, 0.4) is 0 Å². The van der Waals surface area contributed by atoms with E-state index in [1.54, 1.807) is 20.2 Å². The van der Waals surface area contributed by atoms with Crippen LogP contribution in [0.1, 0.15) is 35.6 Å². The number of aliphatic hydroxyl groups is 3. The Balaban J connectivity index is 1.75. The van der Waals surface area contributed by atoms with Gasteiger partial charge in [0.15, 0.2) is 11.4 Å². The van der Waals surface area contributed by atoms with Gasteiger partial charge >= 0.3 is 0 Å². The number of ketones is 2. The van der Waals surface area contributed by atoms with Gasteiger partial charge in [0.05, 0.1) is 11.6 Å². The number of likely N-dealkylation sites (N-methyl/N-ethyl adjacent to an activating group) is 1. The van der Waals surface area contributed by atoms with Crippen molar-refractivity contribution in [3.8, 4) is 5.75 Å². The van der Waals surface area contributed by atoms with E-state index < -0.39 is 58.0 Å². The van der Waals surface area contributed by atoms with Gasteiger partial charge in [-0.2, -0.15) is 0 Å². The van der Waals surface area contributed by atoms with Gasteiger partial charge in [0, 0.05) is 36.8 Å². The van der Waals surface area contributed by atoms with E-state index >= 15 is 0 Å². The first-order chi connectivity index (χ1) is 17.7. The van der Waals surface area contributed by atoms with Crippen molar-refractivity contribution < 1.29 is 34.8 Å². The highest BCUT2D eigenvalue weighted by Crippen LogP contribution is 2.55. The van der Waals surface area contributed by atoms with Crippen LogP contribution in [0, 0.1) is 11.8 Å². The minimum atomic E-state index is -2.64. The van der Waals surface area contributed by atoms with Crippen LogP contribution < -0.4 is 10.6 Å². The van der Waals surface area contributed by atoms with Gasteiger partial charge in [-0.05, 0) is 70.6 Å². The molecule has 4 aliphatic rings. The predicted molar refractivity (Wildman–Crippen MR) is 139 cm³/mol. The molecule has 11 nitrogen and oxygen atoms in total. The van der Waals surface area contributed by atoms with Crippen LogP contribution in [-0.4, -0.2) is 101 Å². The standard InChI is InChI=1S/C27H34N4O7/c1-29(2)15-6-7-31(5)20-12(15)10-16(32)18-13(20)8-11-9-14-21(30(3)4)23(34)19(26(28)37)25(36)27(14,38)24(35)17(11)22(18)33/h10-11,14-15,21,32-33,36,38H,6-9H2,1-5H3,(H2,28,37)/t11-,14-,15?,21+,27+/m1/s1. The topological polar surface area (TPSA) is 168 Å². The van der Waals surface area contributed by atoms with Crippen molar-refractivity contribution in [1.82, 2.24) is 9.80 Å². The number of fused-ring (bicyclic) bond motifs is 5. The summed E-state index contributed by atoms with van der Waals surface area (Å²) in [4.78, 5) is 44.9. The molecule has 3 aliphatic carbocycles. The number of nitrogens with zero attached hydrogens (tertiary/aromatic N) is 3. The summed E-state index contributed by atoms with van der Waals surface area (Å²) in [6.07, 6.45) is 1.19. The maximum absolute atomic E-state index is 14.0. The first-order valence-electron chi connectivity index (χ1n) is 12.6. The third-order valence-corrected chi connectivity index (χ3v) is 8.82. The number of phenolic OH excluding ortho intramolecular Hbond substituents is 1. The monoisotopic (exact) mass is 526 g/mol. The Morgan fingerprint density at radius 1 is 1.13 bits per heavy atom. The molecule has 38 heavy (non-hydrogen) atoms. The third-order valence-electron chi connectivity index (χ3n) is 8.82. The highest BCUT2D eigenvalue weighted by atomic mass is 16.3. The van der Waals surface area contributed by atoms with Gasteiger partial charge < -0.3 is 36.0 Å². The molecule has 11 heteroatoms. The minimum Gasteiger partial charge on any atom is -0.508 e. The van der Waals surface area contributed by atoms with Gasteiger partial charge in [-0.15, -0.1) is 0 Å². The smallest absolute Gasteiger partial charge is 0.255 e. The van der Waals surface area contributed by atoms with Crippen LogP contribution in [0.5, 0.6) is 5.75 Å². The SMILES string of the molecule is CN1CCC(N(C)C)c2cc(O)c3c(c21)C[C@@H]1C[C@@H]2[C@H](N(C)C)C(=O)C(C(N)=O)=C(O)[C@@]2(O)C(=O)C1=C3O. The number of amides is 1. The van der Waals surface area contributed by atoms with Crippen molar-refractivity contribution in [3.63, 3.8) is 0 Å². The lowest BCUT2D eigenvalue weighted by molar-refractivity contribution is -0.153. The van der Waals surface area contributed by atoms with E-state index in [-0.39, 0.29) is 35.8 Å². The highest BCUT2D eigenvalue weighted by molar-refractivity contribution is 6.24. The summed E-state index contributed by atoms with van der Waals surface area (Å²) < 4.78 is 0. The second-order valence-electron chi connectivity index (χ2n) is 11.3. The molecular weight excluding hydrogens is 492 g/mol. The Bertz CT molecular complexity index is 1350. The molecule has 5 rings (SSSR count). The molecule has 1 heterocycles. The largest absolute Gasteiger partial charge is 0.508 e. The summed E-state index contributed by atoms with van der Waals surface area (Å²) in [6.45, 7) is 0.752. The number of phenols is 1. The fourth-order valence-corrected chi connectivity index (χ4v) is 7.15. The number of aromatic hydroxyl groups is 1. The summed E-state index contributed by atoms with van der Waals surface area (Å²) in [7, 11) is 9.04. The molecule has 204 valence electrons. The van der Waals surface area contributed by atoms with Crippen LogP contribution in [0.4, 0.5) is 5.69 Å². The number of carbonyl (C=O) groups excluding carboxylic acids is 3. The van der Waals surface area contributed by atoms with Crippen LogP contribution in [0.25, 0.3) is 5.76 Å². The van der Waals surface area contributed by atoms with E-state index in [1.807, 2.05) is 21.1 Å². The maximum Gasteiger partial charge on any atom is 0.255 e. The second-order valence-corrected chi connectivity index (χ2v) is 11.3. The average molecular weight is 527 g/mol. The normalized spacial score (nSPS) is 30.9. The van der Waals surface area contributed by atoms with E-state index in [2.05, 4.69) is 9.80 Å². The number of rotatable bonds is 3. The number of primary amides is 1. The van der Waals surface area contributed by atoms with Crippen LogP contribution in [0.15, 0.2) is 23.0 Å². The average Bonchev–Trinajstić information content (AvgIpc) is 2.80. The van der Waals surface area contributed by atoms with E-state index in [9.17, 15) is 34.8 Å². The predicted octanol–water partition coefficient (Wildman–Crippen LogP) is 0.407. The van der Waals surface area contributed by atoms with E-state index in [4.69, 9.17) is 5.73 Å². The quantitative estimate of drug-likeness (QED) is 0.348. The van der Waals surface area contributed by atoms with Gasteiger partial charge in [-0.3, -0.25) is 19.3 Å². The Labute approximate surface area is 220 Å². The molecule has 0 aromatic heterocycles. The Kier molecular flexibility index (Phi) is 5.90. The molecule has 1 aromatic carbocycles. The zero-order chi connectivity index (χ0) is 28.0. The second kappa shape index (κ2) is 8.55. The van der Waals surface area contributed by atoms with Crippen LogP contribution in [0.2, 0.25) is 0 Å². The lowest BCUT2D eigenvalue weighted by Gasteiger charge is -2.50. The summed E-state index contributed by atoms with van der Waals surface area (Å²) in [5, 5.41) is 45.2. The molecule has 1 amide bonds. The van der Waals surface area contributed by atoms with Gasteiger partial charge in [0.25, 0.3) is 5.91 Å². The Morgan fingerprint density at radius 2 is 1.79 bits per heavy atom. The number of anilines is 1. The van der Waals surface area contributed by atoms with Gasteiger partial charge in [0.2, 0.25) is 5.78 Å². The molecule has 0 bridgehead atoms. The highest BCUT2D eigenvalue weighted by Gasteiger charge is 2.64. The van der Waals surface area contributed by atoms with Gasteiger partial charge in [0.1, 0.15) is 22.8 Å². The van der Waals surface area contributed by atoms with Gasteiger partial charge in [-0.1, -0.05) is 0 Å². The Morgan fingerprint density at radius 3 is 2.37 bits per heavy atom. The lowest BCUT2D eigenvalue weighted by atomic mass is 9.57. The fraction of sp³-hybridized carbons (Fsp3) is 0.519. The number of nitrogens with two attached hydrogens (primary N) is 1. The van der Waals surface area contributed by atoms with E-state index in [0.717, 1.165) is 24.2 Å². The van der Waals surface area contributed by atoms with Crippen molar-refractivity contribution >= 4 is 28.9 Å². The molecular formula is C27H34N4O7. The number of aliphatic hydroxyl groups excluding tert-OH is 2. The zero-order valence-corrected chi connectivity index (χ0v) is 22.1. The third kappa shape index (κ3) is 3.28. The number of hydrogen-bond acceptors (Lipinski definition) is 10. The molecule has 1 aromatic rings. The molecule has 0 saturated heterocycles. The molecule has 5 atom stereocenters. The lowest BCUT2D eigenvalue weighted by Crippen LogP contribution is -2.65. The Hall–Kier alpha value is -3.41. The van der Waals surface area contributed by atoms with Crippen molar-refractivity contribution in [2.45, 2.75) is 36.9 Å². The maximum atomic E-state index is 14.0. The summed E-state index contributed by atoms with van der Waals surface area (Å²) in [5.41, 5.74) is 4.37. The first kappa shape index (κ1) is 26.2. The van der Waals surface area contributed by atoms with Gasteiger partial charge in [-0.25, -0.2) is 0 Å². The summed E-state index contributed by atoms with van der Waals surface area (Å²) in [6, 6.07) is 0.554. The fourth-order valence-electron chi connectivity index (χ4n) is 7.15. The van der Waals surface area contributed by atoms with Crippen molar-refractivity contribution in [2.75, 3.05) is 46.7 Å². The van der Waals surface area contributed by atoms with Crippen molar-refractivity contribution in [3.05, 3.63) is 39.7 Å². The van der Waals surface area contributed by atoms with Crippen LogP contribution in [-0.2, 0) is 20.8 Å². The van der Waals surface area contributed by atoms with E-state index in [0.29, 0.717) is 5.56 Å². The first-order valence-corrected chi connectivity index (χ1v) is 12.6. The molecule has 0 spiro atoms. The van der Waals surface area contributed by atoms with E-state index in [1.165, 1.54) is 4.90 Å². The summed E-state index contributed by atoms with van der Waals surface area (Å²) >= 11 is 0. The zero-order valence-electron chi connectivity index (χ0n) is 22.1. The number of hydrogen-bond donors (Lipinski definition) is 5. The summed E-state index contributed by atoms with van der Waals surface area (Å²) in [5.74, 6) is -6.46. The van der Waals surface area contributed by atoms with Crippen LogP contribution >= 0.6 is 0 Å².